The number of halogens is 1. The van der Waals surface area contributed by atoms with Gasteiger partial charge < -0.3 is 15.1 Å². The molecule has 1 saturated heterocycles. The molecule has 4 nitrogen and oxygen atoms in total. The number of hydrogen-bond donors (Lipinski definition) is 2. The maximum absolute atomic E-state index is 10.2. The Balaban J connectivity index is 0.000000397. The van der Waals surface area contributed by atoms with Crippen molar-refractivity contribution >= 4 is 18.4 Å². The molecule has 1 aromatic rings. The fourth-order valence-electron chi connectivity index (χ4n) is 2.71. The fourth-order valence-corrected chi connectivity index (χ4v) is 2.71. The molecule has 0 radical (unpaired) electrons. The zero-order valence-electron chi connectivity index (χ0n) is 13.3. The summed E-state index contributed by atoms with van der Waals surface area (Å²) in [4.78, 5) is 12.8. The SMILES string of the molecule is CCN1CCCCC1CCCO.Cl.O=C(O)c1ccccc1. The minimum absolute atomic E-state index is 0. The first-order chi connectivity index (χ1) is 10.2. The molecule has 0 bridgehead atoms. The molecule has 0 aliphatic carbocycles. The summed E-state index contributed by atoms with van der Waals surface area (Å²) >= 11 is 0. The lowest BCUT2D eigenvalue weighted by atomic mass is 9.98. The molecular formula is C17H28ClNO3. The van der Waals surface area contributed by atoms with Crippen LogP contribution in [0, 0.1) is 0 Å². The molecule has 2 N–H and O–H groups in total. The maximum atomic E-state index is 10.2. The van der Waals surface area contributed by atoms with Gasteiger partial charge in [0.05, 0.1) is 5.56 Å². The van der Waals surface area contributed by atoms with Gasteiger partial charge in [-0.3, -0.25) is 0 Å². The third-order valence-electron chi connectivity index (χ3n) is 3.87. The van der Waals surface area contributed by atoms with Crippen molar-refractivity contribution in [2.24, 2.45) is 0 Å². The number of aliphatic hydroxyl groups is 1. The summed E-state index contributed by atoms with van der Waals surface area (Å²) < 4.78 is 0. The summed E-state index contributed by atoms with van der Waals surface area (Å²) in [6.45, 7) is 5.04. The molecule has 1 aromatic carbocycles. The highest BCUT2D eigenvalue weighted by atomic mass is 35.5. The van der Waals surface area contributed by atoms with Crippen molar-refractivity contribution in [3.05, 3.63) is 35.9 Å². The number of likely N-dealkylation sites (tertiary alicyclic amines) is 1. The van der Waals surface area contributed by atoms with E-state index >= 15 is 0 Å². The summed E-state index contributed by atoms with van der Waals surface area (Å²) in [5.74, 6) is -0.879. The van der Waals surface area contributed by atoms with Crippen LogP contribution in [0.3, 0.4) is 0 Å². The van der Waals surface area contributed by atoms with Gasteiger partial charge in [-0.15, -0.1) is 12.4 Å². The van der Waals surface area contributed by atoms with E-state index in [2.05, 4.69) is 11.8 Å². The van der Waals surface area contributed by atoms with Crippen LogP contribution in [0.1, 0.15) is 49.4 Å². The predicted octanol–water partition coefficient (Wildman–Crippen LogP) is 3.44. The van der Waals surface area contributed by atoms with E-state index in [0.717, 1.165) is 12.5 Å². The van der Waals surface area contributed by atoms with Crippen LogP contribution in [0.4, 0.5) is 0 Å². The van der Waals surface area contributed by atoms with Crippen molar-refractivity contribution in [3.63, 3.8) is 0 Å². The van der Waals surface area contributed by atoms with Crippen LogP contribution in [0.15, 0.2) is 30.3 Å². The summed E-state index contributed by atoms with van der Waals surface area (Å²) in [6.07, 6.45) is 6.25. The van der Waals surface area contributed by atoms with Gasteiger partial charge in [-0.05, 0) is 50.9 Å². The lowest BCUT2D eigenvalue weighted by Crippen LogP contribution is -2.39. The van der Waals surface area contributed by atoms with Crippen LogP contribution in [0.5, 0.6) is 0 Å². The fraction of sp³-hybridized carbons (Fsp3) is 0.588. The Bertz CT molecular complexity index is 400. The predicted molar refractivity (Wildman–Crippen MR) is 91.9 cm³/mol. The minimum atomic E-state index is -0.879. The van der Waals surface area contributed by atoms with Gasteiger partial charge in [-0.2, -0.15) is 0 Å². The zero-order valence-corrected chi connectivity index (χ0v) is 14.1. The van der Waals surface area contributed by atoms with Crippen LogP contribution < -0.4 is 0 Å². The highest BCUT2D eigenvalue weighted by molar-refractivity contribution is 5.87. The number of piperidine rings is 1. The first kappa shape index (κ1) is 20.9. The highest BCUT2D eigenvalue weighted by Crippen LogP contribution is 2.19. The molecule has 5 heteroatoms. The second-order valence-corrected chi connectivity index (χ2v) is 5.32. The summed E-state index contributed by atoms with van der Waals surface area (Å²) in [6, 6.07) is 9.06. The van der Waals surface area contributed by atoms with Crippen LogP contribution in [0.25, 0.3) is 0 Å². The Morgan fingerprint density at radius 3 is 2.45 bits per heavy atom. The number of aromatic carboxylic acids is 1. The van der Waals surface area contributed by atoms with Crippen molar-refractivity contribution in [1.29, 1.82) is 0 Å². The topological polar surface area (TPSA) is 60.8 Å². The Labute approximate surface area is 139 Å². The number of benzene rings is 1. The van der Waals surface area contributed by atoms with Crippen molar-refractivity contribution in [1.82, 2.24) is 4.90 Å². The molecule has 1 heterocycles. The average molecular weight is 330 g/mol. The van der Waals surface area contributed by atoms with Crippen LogP contribution >= 0.6 is 12.4 Å². The van der Waals surface area contributed by atoms with E-state index < -0.39 is 5.97 Å². The number of carboxylic acids is 1. The Kier molecular flexibility index (Phi) is 11.8. The lowest BCUT2D eigenvalue weighted by molar-refractivity contribution is 0.0697. The molecule has 1 atom stereocenters. The first-order valence-electron chi connectivity index (χ1n) is 7.82. The smallest absolute Gasteiger partial charge is 0.335 e. The number of aliphatic hydroxyl groups excluding tert-OH is 1. The van der Waals surface area contributed by atoms with Gasteiger partial charge in [0.2, 0.25) is 0 Å². The summed E-state index contributed by atoms with van der Waals surface area (Å²) in [7, 11) is 0. The second-order valence-electron chi connectivity index (χ2n) is 5.32. The van der Waals surface area contributed by atoms with Gasteiger partial charge in [0.1, 0.15) is 0 Å². The highest BCUT2D eigenvalue weighted by Gasteiger charge is 2.19. The molecule has 0 spiro atoms. The Morgan fingerprint density at radius 2 is 1.95 bits per heavy atom. The van der Waals surface area contributed by atoms with Crippen molar-refractivity contribution in [3.8, 4) is 0 Å². The molecule has 2 rings (SSSR count). The minimum Gasteiger partial charge on any atom is -0.478 e. The summed E-state index contributed by atoms with van der Waals surface area (Å²) in [5.41, 5.74) is 0.331. The number of carbonyl (C=O) groups is 1. The number of nitrogens with zero attached hydrogens (tertiary/aromatic N) is 1. The van der Waals surface area contributed by atoms with Gasteiger partial charge in [-0.25, -0.2) is 4.79 Å². The maximum Gasteiger partial charge on any atom is 0.335 e. The number of hydrogen-bond acceptors (Lipinski definition) is 3. The van der Waals surface area contributed by atoms with Crippen LogP contribution in [-0.2, 0) is 0 Å². The van der Waals surface area contributed by atoms with Gasteiger partial charge in [0.25, 0.3) is 0 Å². The van der Waals surface area contributed by atoms with Gasteiger partial charge in [-0.1, -0.05) is 31.5 Å². The van der Waals surface area contributed by atoms with Crippen LogP contribution in [-0.4, -0.2) is 46.8 Å². The first-order valence-corrected chi connectivity index (χ1v) is 7.82. The van der Waals surface area contributed by atoms with Gasteiger partial charge in [0.15, 0.2) is 0 Å². The Morgan fingerprint density at radius 1 is 1.27 bits per heavy atom. The van der Waals surface area contributed by atoms with E-state index in [1.807, 2.05) is 0 Å². The lowest BCUT2D eigenvalue weighted by Gasteiger charge is -2.34. The van der Waals surface area contributed by atoms with Crippen molar-refractivity contribution in [2.75, 3.05) is 19.7 Å². The third kappa shape index (κ3) is 7.78. The normalized spacial score (nSPS) is 17.8. The standard InChI is InChI=1S/C10H21NO.C7H6O2.ClH/c1-2-11-8-4-3-6-10(11)7-5-9-12;8-7(9)6-4-2-1-3-5-6;/h10,12H,2-9H2,1H3;1-5H,(H,8,9);1H. The summed E-state index contributed by atoms with van der Waals surface area (Å²) in [5, 5.41) is 17.1. The van der Waals surface area contributed by atoms with E-state index in [-0.39, 0.29) is 12.4 Å². The van der Waals surface area contributed by atoms with E-state index in [4.69, 9.17) is 10.2 Å². The zero-order chi connectivity index (χ0) is 15.5. The average Bonchev–Trinajstić information content (AvgIpc) is 2.54. The van der Waals surface area contributed by atoms with Crippen LogP contribution in [0.2, 0.25) is 0 Å². The van der Waals surface area contributed by atoms with E-state index in [9.17, 15) is 4.79 Å². The van der Waals surface area contributed by atoms with Crippen molar-refractivity contribution in [2.45, 2.75) is 45.1 Å². The molecule has 1 aliphatic heterocycles. The monoisotopic (exact) mass is 329 g/mol. The third-order valence-corrected chi connectivity index (χ3v) is 3.87. The second kappa shape index (κ2) is 12.4. The molecule has 1 unspecified atom stereocenters. The molecule has 0 amide bonds. The molecular weight excluding hydrogens is 302 g/mol. The van der Waals surface area contributed by atoms with Gasteiger partial charge in [0, 0.05) is 12.6 Å². The number of rotatable bonds is 5. The van der Waals surface area contributed by atoms with E-state index in [0.29, 0.717) is 12.2 Å². The quantitative estimate of drug-likeness (QED) is 0.868. The molecule has 22 heavy (non-hydrogen) atoms. The molecule has 0 aromatic heterocycles. The molecule has 126 valence electrons. The Hall–Kier alpha value is -1.10. The van der Waals surface area contributed by atoms with Crippen molar-refractivity contribution < 1.29 is 15.0 Å². The largest absolute Gasteiger partial charge is 0.478 e. The van der Waals surface area contributed by atoms with Gasteiger partial charge >= 0.3 is 5.97 Å². The van der Waals surface area contributed by atoms with E-state index in [1.54, 1.807) is 30.3 Å². The molecule has 1 aliphatic rings. The number of carboxylic acid groups (broad SMARTS) is 1. The molecule has 1 fully saturated rings. The molecule has 0 saturated carbocycles. The van der Waals surface area contributed by atoms with E-state index in [1.165, 1.54) is 38.8 Å².